The zero-order chi connectivity index (χ0) is 9.14. The lowest BCUT2D eigenvalue weighted by atomic mass is 10.3. The molecule has 1 rings (SSSR count). The molecule has 68 valence electrons. The van der Waals surface area contributed by atoms with Crippen LogP contribution in [0, 0.1) is 6.92 Å². The second kappa shape index (κ2) is 4.01. The Morgan fingerprint density at radius 3 is 2.67 bits per heavy atom. The lowest BCUT2D eigenvalue weighted by molar-refractivity contribution is -0.717. The van der Waals surface area contributed by atoms with E-state index in [1.165, 1.54) is 10.6 Å². The zero-order valence-corrected chi connectivity index (χ0v) is 8.69. The van der Waals surface area contributed by atoms with E-state index in [2.05, 4.69) is 30.8 Å². The number of aromatic nitrogens is 1. The molecule has 3 heteroatoms. The summed E-state index contributed by atoms with van der Waals surface area (Å²) >= 11 is 1.73. The minimum absolute atomic E-state index is 0.249. The summed E-state index contributed by atoms with van der Waals surface area (Å²) in [5.41, 5.74) is 3.43. The smallest absolute Gasteiger partial charge is 0.225 e. The summed E-state index contributed by atoms with van der Waals surface area (Å²) in [6.07, 6.45) is 0.788. The van der Waals surface area contributed by atoms with Crippen LogP contribution in [0.4, 0.5) is 0 Å². The van der Waals surface area contributed by atoms with Crippen LogP contribution in [-0.2, 0) is 6.42 Å². The quantitative estimate of drug-likeness (QED) is 0.710. The van der Waals surface area contributed by atoms with Crippen molar-refractivity contribution >= 4 is 11.3 Å². The van der Waals surface area contributed by atoms with E-state index in [4.69, 9.17) is 5.11 Å². The van der Waals surface area contributed by atoms with Gasteiger partial charge in [-0.15, -0.1) is 0 Å². The fourth-order valence-electron chi connectivity index (χ4n) is 1.28. The number of hydrogen-bond acceptors (Lipinski definition) is 2. The standard InChI is InChI=1S/C9H16NOS/c1-7(2)10-6-12-9(4-5-11)8(10)3/h6-7,11H,4-5H2,1-3H3/q+1. The van der Waals surface area contributed by atoms with Crippen LogP contribution in [0.5, 0.6) is 0 Å². The number of aliphatic hydroxyl groups is 1. The molecule has 0 fully saturated rings. The molecule has 0 atom stereocenters. The fraction of sp³-hybridized carbons (Fsp3) is 0.667. The number of aliphatic hydroxyl groups excluding tert-OH is 1. The Balaban J connectivity index is 2.88. The predicted molar refractivity (Wildman–Crippen MR) is 50.4 cm³/mol. The number of nitrogens with zero attached hydrogens (tertiary/aromatic N) is 1. The molecule has 0 saturated heterocycles. The SMILES string of the molecule is Cc1c(CCO)sc[n+]1C(C)C. The third kappa shape index (κ3) is 1.84. The van der Waals surface area contributed by atoms with Crippen LogP contribution in [-0.4, -0.2) is 11.7 Å². The van der Waals surface area contributed by atoms with Crippen molar-refractivity contribution in [2.24, 2.45) is 0 Å². The average molecular weight is 186 g/mol. The van der Waals surface area contributed by atoms with E-state index in [0.29, 0.717) is 6.04 Å². The molecule has 0 saturated carbocycles. The van der Waals surface area contributed by atoms with E-state index in [0.717, 1.165) is 6.42 Å². The third-order valence-electron chi connectivity index (χ3n) is 1.99. The first-order chi connectivity index (χ1) is 5.66. The summed E-state index contributed by atoms with van der Waals surface area (Å²) < 4.78 is 2.25. The van der Waals surface area contributed by atoms with E-state index in [1.54, 1.807) is 11.3 Å². The molecule has 0 amide bonds. The largest absolute Gasteiger partial charge is 0.396 e. The normalized spacial score (nSPS) is 11.1. The van der Waals surface area contributed by atoms with Gasteiger partial charge in [0.25, 0.3) is 0 Å². The molecule has 12 heavy (non-hydrogen) atoms. The predicted octanol–water partition coefficient (Wildman–Crippen LogP) is 1.46. The van der Waals surface area contributed by atoms with Crippen LogP contribution in [0.2, 0.25) is 0 Å². The van der Waals surface area contributed by atoms with E-state index in [1.807, 2.05) is 0 Å². The minimum Gasteiger partial charge on any atom is -0.396 e. The van der Waals surface area contributed by atoms with Crippen molar-refractivity contribution in [2.45, 2.75) is 33.2 Å². The highest BCUT2D eigenvalue weighted by atomic mass is 32.1. The van der Waals surface area contributed by atoms with Gasteiger partial charge >= 0.3 is 0 Å². The Kier molecular flexibility index (Phi) is 3.23. The van der Waals surface area contributed by atoms with Gasteiger partial charge in [0.1, 0.15) is 0 Å². The molecule has 0 aliphatic heterocycles. The van der Waals surface area contributed by atoms with Gasteiger partial charge in [-0.1, -0.05) is 11.3 Å². The van der Waals surface area contributed by atoms with Gasteiger partial charge in [-0.05, 0) is 13.8 Å². The molecule has 2 nitrogen and oxygen atoms in total. The van der Waals surface area contributed by atoms with Crippen LogP contribution in [0.25, 0.3) is 0 Å². The van der Waals surface area contributed by atoms with Crippen LogP contribution in [0.3, 0.4) is 0 Å². The molecule has 0 unspecified atom stereocenters. The van der Waals surface area contributed by atoms with E-state index >= 15 is 0 Å². The zero-order valence-electron chi connectivity index (χ0n) is 7.87. The van der Waals surface area contributed by atoms with Gasteiger partial charge in [-0.2, -0.15) is 4.57 Å². The molecule has 1 aromatic heterocycles. The van der Waals surface area contributed by atoms with Crippen LogP contribution >= 0.6 is 11.3 Å². The van der Waals surface area contributed by atoms with E-state index in [-0.39, 0.29) is 6.61 Å². The second-order valence-electron chi connectivity index (χ2n) is 3.21. The summed E-state index contributed by atoms with van der Waals surface area (Å²) in [7, 11) is 0. The highest BCUT2D eigenvalue weighted by molar-refractivity contribution is 7.09. The third-order valence-corrected chi connectivity index (χ3v) is 3.11. The topological polar surface area (TPSA) is 24.1 Å². The van der Waals surface area contributed by atoms with Crippen molar-refractivity contribution in [1.29, 1.82) is 0 Å². The van der Waals surface area contributed by atoms with Crippen LogP contribution in [0.15, 0.2) is 5.51 Å². The lowest BCUT2D eigenvalue weighted by Gasteiger charge is -1.98. The minimum atomic E-state index is 0.249. The maximum absolute atomic E-state index is 8.79. The van der Waals surface area contributed by atoms with Crippen molar-refractivity contribution in [3.63, 3.8) is 0 Å². The van der Waals surface area contributed by atoms with E-state index in [9.17, 15) is 0 Å². The highest BCUT2D eigenvalue weighted by Crippen LogP contribution is 2.13. The summed E-state index contributed by atoms with van der Waals surface area (Å²) in [4.78, 5) is 1.30. The molecule has 0 radical (unpaired) electrons. The van der Waals surface area contributed by atoms with Crippen molar-refractivity contribution in [1.82, 2.24) is 0 Å². The van der Waals surface area contributed by atoms with Crippen molar-refractivity contribution in [3.8, 4) is 0 Å². The van der Waals surface area contributed by atoms with Gasteiger partial charge in [0.15, 0.2) is 11.7 Å². The molecular formula is C9H16NOS+. The number of thiazole rings is 1. The maximum Gasteiger partial charge on any atom is 0.225 e. The van der Waals surface area contributed by atoms with Gasteiger partial charge in [0, 0.05) is 20.0 Å². The molecule has 0 aromatic carbocycles. The number of rotatable bonds is 3. The molecule has 0 aliphatic carbocycles. The number of hydrogen-bond donors (Lipinski definition) is 1. The Bertz CT molecular complexity index is 255. The molecule has 1 aromatic rings. The van der Waals surface area contributed by atoms with Crippen molar-refractivity contribution in [2.75, 3.05) is 6.61 Å². The average Bonchev–Trinajstić information content (AvgIpc) is 2.34. The van der Waals surface area contributed by atoms with Gasteiger partial charge in [-0.25, -0.2) is 0 Å². The second-order valence-corrected chi connectivity index (χ2v) is 4.15. The maximum atomic E-state index is 8.79. The molecule has 1 heterocycles. The molecule has 0 aliphatic rings. The summed E-state index contributed by atoms with van der Waals surface area (Å²) in [6, 6.07) is 0.522. The molecule has 0 spiro atoms. The van der Waals surface area contributed by atoms with Gasteiger partial charge in [-0.3, -0.25) is 0 Å². The molecule has 0 bridgehead atoms. The first kappa shape index (κ1) is 9.68. The Morgan fingerprint density at radius 1 is 1.58 bits per heavy atom. The first-order valence-electron chi connectivity index (χ1n) is 4.25. The van der Waals surface area contributed by atoms with Crippen LogP contribution < -0.4 is 4.57 Å². The van der Waals surface area contributed by atoms with Gasteiger partial charge < -0.3 is 5.11 Å². The van der Waals surface area contributed by atoms with Crippen molar-refractivity contribution < 1.29 is 9.67 Å². The fourth-order valence-corrected chi connectivity index (χ4v) is 2.41. The van der Waals surface area contributed by atoms with Gasteiger partial charge in [0.05, 0.1) is 4.88 Å². The summed E-state index contributed by atoms with van der Waals surface area (Å²) in [5, 5.41) is 8.79. The monoisotopic (exact) mass is 186 g/mol. The van der Waals surface area contributed by atoms with E-state index < -0.39 is 0 Å². The van der Waals surface area contributed by atoms with Crippen LogP contribution in [0.1, 0.15) is 30.5 Å². The Hall–Kier alpha value is -0.410. The Morgan fingerprint density at radius 2 is 2.25 bits per heavy atom. The summed E-state index contributed by atoms with van der Waals surface area (Å²) in [6.45, 7) is 6.70. The lowest BCUT2D eigenvalue weighted by Crippen LogP contribution is -2.36. The first-order valence-corrected chi connectivity index (χ1v) is 5.13. The summed E-state index contributed by atoms with van der Waals surface area (Å²) in [5.74, 6) is 0. The van der Waals surface area contributed by atoms with Crippen molar-refractivity contribution in [3.05, 3.63) is 16.1 Å². The Labute approximate surface area is 77.5 Å². The molecule has 1 N–H and O–H groups in total. The molecular weight excluding hydrogens is 170 g/mol. The highest BCUT2D eigenvalue weighted by Gasteiger charge is 2.16. The van der Waals surface area contributed by atoms with Gasteiger partial charge in [0.2, 0.25) is 5.51 Å².